The van der Waals surface area contributed by atoms with E-state index >= 15 is 0 Å². The zero-order valence-electron chi connectivity index (χ0n) is 9.87. The monoisotopic (exact) mass is 259 g/mol. The summed E-state index contributed by atoms with van der Waals surface area (Å²) >= 11 is 0. The molecule has 0 unspecified atom stereocenters. The highest BCUT2D eigenvalue weighted by Crippen LogP contribution is 2.28. The van der Waals surface area contributed by atoms with E-state index in [1.54, 1.807) is 0 Å². The van der Waals surface area contributed by atoms with Gasteiger partial charge in [-0.05, 0) is 37.8 Å². The van der Waals surface area contributed by atoms with E-state index in [1.807, 2.05) is 0 Å². The number of hydrogen-bond acceptors (Lipinski definition) is 3. The van der Waals surface area contributed by atoms with Gasteiger partial charge in [-0.2, -0.15) is 13.2 Å². The summed E-state index contributed by atoms with van der Waals surface area (Å²) in [7, 11) is 0. The number of hydrogen-bond donors (Lipinski definition) is 2. The van der Waals surface area contributed by atoms with Crippen LogP contribution in [0.3, 0.4) is 0 Å². The summed E-state index contributed by atoms with van der Waals surface area (Å²) < 4.78 is 37.0. The molecule has 1 aromatic rings. The van der Waals surface area contributed by atoms with Gasteiger partial charge in [-0.15, -0.1) is 0 Å². The standard InChI is InChI=1S/C12H16F3N3/c13-12(14,15)11-6-5-10(7-17-11)18-9-3-1-8(16)2-4-9/h5-9,18H,1-4,16H2. The molecule has 0 bridgehead atoms. The average molecular weight is 259 g/mol. The molecule has 0 aliphatic heterocycles. The molecule has 3 nitrogen and oxygen atoms in total. The second kappa shape index (κ2) is 5.14. The molecule has 1 aliphatic rings. The van der Waals surface area contributed by atoms with E-state index in [-0.39, 0.29) is 12.1 Å². The van der Waals surface area contributed by atoms with Crippen LogP contribution in [-0.4, -0.2) is 17.1 Å². The molecule has 2 rings (SSSR count). The van der Waals surface area contributed by atoms with Crippen LogP contribution in [0.5, 0.6) is 0 Å². The normalized spacial score (nSPS) is 24.9. The number of nitrogens with zero attached hydrogens (tertiary/aromatic N) is 1. The molecule has 1 aliphatic carbocycles. The predicted molar refractivity (Wildman–Crippen MR) is 63.1 cm³/mol. The summed E-state index contributed by atoms with van der Waals surface area (Å²) in [4.78, 5) is 3.42. The van der Waals surface area contributed by atoms with E-state index in [2.05, 4.69) is 10.3 Å². The van der Waals surface area contributed by atoms with Gasteiger partial charge in [-0.3, -0.25) is 0 Å². The summed E-state index contributed by atoms with van der Waals surface area (Å²) in [6.07, 6.45) is 0.648. The van der Waals surface area contributed by atoms with Crippen LogP contribution < -0.4 is 11.1 Å². The summed E-state index contributed by atoms with van der Waals surface area (Å²) in [5, 5.41) is 3.19. The fraction of sp³-hybridized carbons (Fsp3) is 0.583. The van der Waals surface area contributed by atoms with Crippen LogP contribution in [0.4, 0.5) is 18.9 Å². The fourth-order valence-electron chi connectivity index (χ4n) is 2.15. The van der Waals surface area contributed by atoms with Gasteiger partial charge in [0.1, 0.15) is 5.69 Å². The minimum Gasteiger partial charge on any atom is -0.381 e. The largest absolute Gasteiger partial charge is 0.433 e. The maximum atomic E-state index is 12.3. The molecule has 100 valence electrons. The first kappa shape index (κ1) is 13.1. The molecule has 0 radical (unpaired) electrons. The first-order chi connectivity index (χ1) is 8.45. The highest BCUT2D eigenvalue weighted by Gasteiger charge is 2.32. The maximum absolute atomic E-state index is 12.3. The zero-order chi connectivity index (χ0) is 13.2. The van der Waals surface area contributed by atoms with E-state index in [9.17, 15) is 13.2 Å². The molecule has 0 spiro atoms. The molecular weight excluding hydrogens is 243 g/mol. The highest BCUT2D eigenvalue weighted by atomic mass is 19.4. The Morgan fingerprint density at radius 1 is 1.17 bits per heavy atom. The lowest BCUT2D eigenvalue weighted by Crippen LogP contribution is -2.32. The van der Waals surface area contributed by atoms with Crippen LogP contribution in [0.2, 0.25) is 0 Å². The number of halogens is 3. The van der Waals surface area contributed by atoms with Gasteiger partial charge in [0.15, 0.2) is 0 Å². The Balaban J connectivity index is 1.94. The van der Waals surface area contributed by atoms with Crippen LogP contribution >= 0.6 is 0 Å². The SMILES string of the molecule is NC1CCC(Nc2ccc(C(F)(F)F)nc2)CC1. The molecule has 1 fully saturated rings. The maximum Gasteiger partial charge on any atom is 0.433 e. The molecule has 0 atom stereocenters. The van der Waals surface area contributed by atoms with Crippen molar-refractivity contribution in [3.63, 3.8) is 0 Å². The van der Waals surface area contributed by atoms with Crippen LogP contribution in [-0.2, 0) is 6.18 Å². The molecule has 3 N–H and O–H groups in total. The van der Waals surface area contributed by atoms with E-state index in [1.165, 1.54) is 12.3 Å². The topological polar surface area (TPSA) is 50.9 Å². The Labute approximate surface area is 104 Å². The van der Waals surface area contributed by atoms with Gasteiger partial charge in [0, 0.05) is 12.1 Å². The first-order valence-electron chi connectivity index (χ1n) is 6.00. The number of anilines is 1. The highest BCUT2D eigenvalue weighted by molar-refractivity contribution is 5.42. The molecular formula is C12H16F3N3. The average Bonchev–Trinajstić information content (AvgIpc) is 2.32. The molecule has 1 aromatic heterocycles. The number of pyridine rings is 1. The molecule has 0 saturated heterocycles. The van der Waals surface area contributed by atoms with Gasteiger partial charge in [0.25, 0.3) is 0 Å². The van der Waals surface area contributed by atoms with Crippen molar-refractivity contribution in [1.29, 1.82) is 0 Å². The number of alkyl halides is 3. The van der Waals surface area contributed by atoms with Crippen molar-refractivity contribution in [2.45, 2.75) is 43.9 Å². The van der Waals surface area contributed by atoms with Gasteiger partial charge in [-0.25, -0.2) is 4.98 Å². The van der Waals surface area contributed by atoms with Crippen LogP contribution in [0.25, 0.3) is 0 Å². The summed E-state index contributed by atoms with van der Waals surface area (Å²) in [5.41, 5.74) is 5.56. The van der Waals surface area contributed by atoms with Crippen molar-refractivity contribution in [3.8, 4) is 0 Å². The minimum atomic E-state index is -4.38. The summed E-state index contributed by atoms with van der Waals surface area (Å²) in [5.74, 6) is 0. The quantitative estimate of drug-likeness (QED) is 0.858. The predicted octanol–water partition coefficient (Wildman–Crippen LogP) is 2.78. The number of nitrogens with one attached hydrogen (secondary N) is 1. The number of rotatable bonds is 2. The van der Waals surface area contributed by atoms with Gasteiger partial charge >= 0.3 is 6.18 Å². The van der Waals surface area contributed by atoms with Crippen molar-refractivity contribution in [1.82, 2.24) is 4.98 Å². The van der Waals surface area contributed by atoms with Gasteiger partial charge in [0.2, 0.25) is 0 Å². The van der Waals surface area contributed by atoms with Gasteiger partial charge in [-0.1, -0.05) is 0 Å². The van der Waals surface area contributed by atoms with Crippen molar-refractivity contribution in [2.75, 3.05) is 5.32 Å². The van der Waals surface area contributed by atoms with Crippen molar-refractivity contribution < 1.29 is 13.2 Å². The van der Waals surface area contributed by atoms with E-state index in [0.717, 1.165) is 31.7 Å². The minimum absolute atomic E-state index is 0.258. The smallest absolute Gasteiger partial charge is 0.381 e. The van der Waals surface area contributed by atoms with Crippen LogP contribution in [0.1, 0.15) is 31.4 Å². The van der Waals surface area contributed by atoms with Crippen LogP contribution in [0, 0.1) is 0 Å². The third-order valence-corrected chi connectivity index (χ3v) is 3.20. The third kappa shape index (κ3) is 3.35. The lowest BCUT2D eigenvalue weighted by atomic mass is 9.92. The van der Waals surface area contributed by atoms with Crippen molar-refractivity contribution in [2.24, 2.45) is 5.73 Å². The Kier molecular flexibility index (Phi) is 3.75. The molecule has 1 saturated carbocycles. The zero-order valence-corrected chi connectivity index (χ0v) is 9.87. The van der Waals surface area contributed by atoms with E-state index in [4.69, 9.17) is 5.73 Å². The Hall–Kier alpha value is -1.30. The summed E-state index contributed by atoms with van der Waals surface area (Å²) in [6, 6.07) is 2.96. The third-order valence-electron chi connectivity index (χ3n) is 3.20. The Bertz CT molecular complexity index is 381. The van der Waals surface area contributed by atoms with Gasteiger partial charge < -0.3 is 11.1 Å². The lowest BCUT2D eigenvalue weighted by Gasteiger charge is -2.27. The fourth-order valence-corrected chi connectivity index (χ4v) is 2.15. The number of aromatic nitrogens is 1. The molecule has 6 heteroatoms. The summed E-state index contributed by atoms with van der Waals surface area (Å²) in [6.45, 7) is 0. The molecule has 1 heterocycles. The molecule has 0 aromatic carbocycles. The second-order valence-electron chi connectivity index (χ2n) is 4.69. The Morgan fingerprint density at radius 2 is 1.83 bits per heavy atom. The Morgan fingerprint density at radius 3 is 2.33 bits per heavy atom. The van der Waals surface area contributed by atoms with E-state index < -0.39 is 11.9 Å². The van der Waals surface area contributed by atoms with Crippen molar-refractivity contribution >= 4 is 5.69 Å². The second-order valence-corrected chi connectivity index (χ2v) is 4.69. The lowest BCUT2D eigenvalue weighted by molar-refractivity contribution is -0.141. The molecule has 18 heavy (non-hydrogen) atoms. The first-order valence-corrected chi connectivity index (χ1v) is 6.00. The number of nitrogens with two attached hydrogens (primary N) is 1. The van der Waals surface area contributed by atoms with E-state index in [0.29, 0.717) is 5.69 Å². The van der Waals surface area contributed by atoms with Crippen molar-refractivity contribution in [3.05, 3.63) is 24.0 Å². The van der Waals surface area contributed by atoms with Gasteiger partial charge in [0.05, 0.1) is 11.9 Å². The molecule has 0 amide bonds. The van der Waals surface area contributed by atoms with Crippen LogP contribution in [0.15, 0.2) is 18.3 Å².